The van der Waals surface area contributed by atoms with Gasteiger partial charge in [0.1, 0.15) is 18.2 Å². The van der Waals surface area contributed by atoms with Gasteiger partial charge >= 0.3 is 5.82 Å². The third-order valence-corrected chi connectivity index (χ3v) is 3.04. The molecule has 0 aliphatic carbocycles. The molecule has 1 aromatic carbocycles. The molecule has 0 amide bonds. The minimum absolute atomic E-state index is 0.490. The maximum absolute atomic E-state index is 11.2. The van der Waals surface area contributed by atoms with Gasteiger partial charge in [-0.05, 0) is 4.92 Å². The van der Waals surface area contributed by atoms with Gasteiger partial charge in [0, 0.05) is 0 Å². The van der Waals surface area contributed by atoms with Crippen LogP contribution in [0.2, 0.25) is 0 Å². The van der Waals surface area contributed by atoms with Crippen LogP contribution in [0.15, 0.2) is 18.3 Å². The number of rotatable bonds is 5. The van der Waals surface area contributed by atoms with Gasteiger partial charge in [0.05, 0.1) is 33.1 Å². The zero-order valence-corrected chi connectivity index (χ0v) is 11.7. The van der Waals surface area contributed by atoms with Crippen LogP contribution in [0.5, 0.6) is 0 Å². The van der Waals surface area contributed by atoms with Crippen LogP contribution >= 0.6 is 0 Å². The Hall–Kier alpha value is -3.97. The van der Waals surface area contributed by atoms with Gasteiger partial charge in [-0.15, -0.1) is 4.68 Å². The van der Waals surface area contributed by atoms with Gasteiger partial charge in [-0.1, -0.05) is 5.10 Å². The predicted octanol–water partition coefficient (Wildman–Crippen LogP) is 1.72. The van der Waals surface area contributed by atoms with Crippen molar-refractivity contribution in [3.05, 3.63) is 58.8 Å². The molecule has 0 aliphatic heterocycles. The van der Waals surface area contributed by atoms with Crippen LogP contribution in [0.4, 0.5) is 22.9 Å². The van der Waals surface area contributed by atoms with E-state index in [9.17, 15) is 40.5 Å². The topological polar surface area (TPSA) is 190 Å². The fourth-order valence-corrected chi connectivity index (χ4v) is 2.09. The highest BCUT2D eigenvalue weighted by molar-refractivity contribution is 5.87. The van der Waals surface area contributed by atoms with Crippen molar-refractivity contribution in [1.82, 2.24) is 9.78 Å². The lowest BCUT2D eigenvalue weighted by Crippen LogP contribution is -2.03. The molecule has 2 aromatic rings. The lowest BCUT2D eigenvalue weighted by molar-refractivity contribution is -0.402. The monoisotopic (exact) mass is 338 g/mol. The minimum Gasteiger partial charge on any atom is -0.358 e. The molecule has 0 saturated heterocycles. The first-order chi connectivity index (χ1) is 11.1. The van der Waals surface area contributed by atoms with Crippen molar-refractivity contribution in [3.63, 3.8) is 0 Å². The maximum atomic E-state index is 11.2. The summed E-state index contributed by atoms with van der Waals surface area (Å²) in [4.78, 5) is 40.2. The second-order valence-electron chi connectivity index (χ2n) is 4.39. The molecular formula is C10H6N6O8. The predicted molar refractivity (Wildman–Crippen MR) is 75.3 cm³/mol. The Morgan fingerprint density at radius 3 is 1.75 bits per heavy atom. The number of aryl methyl sites for hydroxylation is 1. The average Bonchev–Trinajstić information content (AvgIpc) is 2.87. The third-order valence-electron chi connectivity index (χ3n) is 3.04. The fraction of sp³-hybridized carbons (Fsp3) is 0.100. The Kier molecular flexibility index (Phi) is 3.88. The van der Waals surface area contributed by atoms with E-state index in [1.807, 2.05) is 0 Å². The van der Waals surface area contributed by atoms with E-state index in [0.29, 0.717) is 12.1 Å². The van der Waals surface area contributed by atoms with Gasteiger partial charge in [-0.3, -0.25) is 30.3 Å². The number of non-ortho nitro benzene ring substituents is 1. The van der Waals surface area contributed by atoms with Crippen molar-refractivity contribution in [2.24, 2.45) is 7.05 Å². The summed E-state index contributed by atoms with van der Waals surface area (Å²) in [7, 11) is 1.17. The van der Waals surface area contributed by atoms with Crippen LogP contribution in [0, 0.1) is 40.5 Å². The second-order valence-corrected chi connectivity index (χ2v) is 4.39. The van der Waals surface area contributed by atoms with E-state index in [-0.39, 0.29) is 0 Å². The molecule has 14 heteroatoms. The molecule has 0 fully saturated rings. The summed E-state index contributed by atoms with van der Waals surface area (Å²) >= 11 is 0. The number of hydrogen-bond acceptors (Lipinski definition) is 9. The smallest absolute Gasteiger partial charge is 0.353 e. The summed E-state index contributed by atoms with van der Waals surface area (Å²) in [5.41, 5.74) is -4.12. The quantitative estimate of drug-likeness (QED) is 0.576. The number of nitro groups is 4. The molecule has 0 aliphatic rings. The fourth-order valence-electron chi connectivity index (χ4n) is 2.09. The lowest BCUT2D eigenvalue weighted by Gasteiger charge is -2.03. The first-order valence-electron chi connectivity index (χ1n) is 5.93. The number of hydrogen-bond donors (Lipinski definition) is 0. The first kappa shape index (κ1) is 16.4. The highest BCUT2D eigenvalue weighted by Gasteiger charge is 2.36. The largest absolute Gasteiger partial charge is 0.358 e. The van der Waals surface area contributed by atoms with E-state index in [1.165, 1.54) is 7.05 Å². The van der Waals surface area contributed by atoms with Gasteiger partial charge in [-0.25, -0.2) is 0 Å². The van der Waals surface area contributed by atoms with Gasteiger partial charge in [-0.2, -0.15) is 0 Å². The summed E-state index contributed by atoms with van der Waals surface area (Å²) in [5.74, 6) is -0.727. The van der Waals surface area contributed by atoms with Crippen LogP contribution < -0.4 is 0 Å². The van der Waals surface area contributed by atoms with Crippen molar-refractivity contribution >= 4 is 22.9 Å². The Labute approximate surface area is 130 Å². The standard InChI is InChI=1S/C10H6N6O8/c1-12-10(16(23)24)6(4-11-12)9-7(14(19)20)2-5(13(17)18)3-8(9)15(21)22/h2-4H,1H3. The van der Waals surface area contributed by atoms with Gasteiger partial charge in [0.15, 0.2) is 0 Å². The summed E-state index contributed by atoms with van der Waals surface area (Å²) in [5, 5.41) is 47.9. The maximum Gasteiger partial charge on any atom is 0.353 e. The van der Waals surface area contributed by atoms with E-state index >= 15 is 0 Å². The highest BCUT2D eigenvalue weighted by Crippen LogP contribution is 2.44. The minimum atomic E-state index is -1.09. The number of nitrogens with zero attached hydrogens (tertiary/aromatic N) is 6. The molecule has 124 valence electrons. The average molecular weight is 338 g/mol. The molecule has 14 nitrogen and oxygen atoms in total. The SMILES string of the molecule is Cn1ncc(-c2c([N+](=O)[O-])cc([N+](=O)[O-])cc2[N+](=O)[O-])c1[N+](=O)[O-]. The summed E-state index contributed by atoms with van der Waals surface area (Å²) in [6.45, 7) is 0. The van der Waals surface area contributed by atoms with Gasteiger partial charge in [0.2, 0.25) is 0 Å². The number of benzene rings is 1. The highest BCUT2D eigenvalue weighted by atomic mass is 16.6. The molecule has 1 heterocycles. The van der Waals surface area contributed by atoms with Crippen molar-refractivity contribution < 1.29 is 19.7 Å². The Balaban J connectivity index is 2.97. The van der Waals surface area contributed by atoms with E-state index in [0.717, 1.165) is 10.9 Å². The Bertz CT molecular complexity index is 868. The van der Waals surface area contributed by atoms with Crippen molar-refractivity contribution in [1.29, 1.82) is 0 Å². The van der Waals surface area contributed by atoms with Crippen LogP contribution in [0.1, 0.15) is 0 Å². The van der Waals surface area contributed by atoms with E-state index in [2.05, 4.69) is 5.10 Å². The van der Waals surface area contributed by atoms with E-state index in [4.69, 9.17) is 0 Å². The summed E-state index contributed by atoms with van der Waals surface area (Å²) in [6, 6.07) is 0.998. The third kappa shape index (κ3) is 2.58. The molecule has 0 atom stereocenters. The number of aromatic nitrogens is 2. The van der Waals surface area contributed by atoms with Crippen LogP contribution in [-0.4, -0.2) is 29.5 Å². The lowest BCUT2D eigenvalue weighted by atomic mass is 10.0. The van der Waals surface area contributed by atoms with Gasteiger partial charge < -0.3 is 10.1 Å². The van der Waals surface area contributed by atoms with E-state index < -0.39 is 53.7 Å². The molecule has 0 radical (unpaired) electrons. The van der Waals surface area contributed by atoms with Crippen LogP contribution in [0.3, 0.4) is 0 Å². The second kappa shape index (κ2) is 5.67. The molecule has 24 heavy (non-hydrogen) atoms. The van der Waals surface area contributed by atoms with Crippen LogP contribution in [-0.2, 0) is 7.05 Å². The molecule has 0 unspecified atom stereocenters. The normalized spacial score (nSPS) is 10.4. The zero-order chi connectivity index (χ0) is 18.2. The summed E-state index contributed by atoms with van der Waals surface area (Å²) in [6.07, 6.45) is 0.847. The molecule has 2 rings (SSSR count). The molecule has 0 saturated carbocycles. The van der Waals surface area contributed by atoms with E-state index in [1.54, 1.807) is 0 Å². The Morgan fingerprint density at radius 2 is 1.38 bits per heavy atom. The van der Waals surface area contributed by atoms with Crippen molar-refractivity contribution in [2.75, 3.05) is 0 Å². The molecule has 0 spiro atoms. The first-order valence-corrected chi connectivity index (χ1v) is 5.93. The molecular weight excluding hydrogens is 332 g/mol. The summed E-state index contributed by atoms with van der Waals surface area (Å²) < 4.78 is 0.768. The Morgan fingerprint density at radius 1 is 0.875 bits per heavy atom. The van der Waals surface area contributed by atoms with Gasteiger partial charge in [0.25, 0.3) is 17.1 Å². The number of nitro benzene ring substituents is 3. The molecule has 0 N–H and O–H groups in total. The molecule has 0 bridgehead atoms. The van der Waals surface area contributed by atoms with Crippen molar-refractivity contribution in [2.45, 2.75) is 0 Å². The zero-order valence-electron chi connectivity index (χ0n) is 11.7. The molecule has 1 aromatic heterocycles. The van der Waals surface area contributed by atoms with Crippen molar-refractivity contribution in [3.8, 4) is 11.1 Å². The van der Waals surface area contributed by atoms with Crippen LogP contribution in [0.25, 0.3) is 11.1 Å².